The second-order valence-electron chi connectivity index (χ2n) is 5.59. The summed E-state index contributed by atoms with van der Waals surface area (Å²) in [6.45, 7) is 4.71. The van der Waals surface area contributed by atoms with E-state index in [9.17, 15) is 0 Å². The van der Waals surface area contributed by atoms with Crippen molar-refractivity contribution in [1.82, 2.24) is 9.55 Å². The van der Waals surface area contributed by atoms with Gasteiger partial charge >= 0.3 is 0 Å². The minimum absolute atomic E-state index is 0.358. The van der Waals surface area contributed by atoms with E-state index in [-0.39, 0.29) is 0 Å². The average Bonchev–Trinajstić information content (AvgIpc) is 3.06. The van der Waals surface area contributed by atoms with E-state index in [1.165, 1.54) is 24.2 Å². The van der Waals surface area contributed by atoms with Gasteiger partial charge in [-0.3, -0.25) is 0 Å². The maximum Gasteiger partial charge on any atom is 0.0946 e. The Morgan fingerprint density at radius 1 is 1.22 bits per heavy atom. The minimum atomic E-state index is 0.358. The smallest absolute Gasteiger partial charge is 0.0946 e. The Morgan fingerprint density at radius 2 is 2.04 bits per heavy atom. The zero-order chi connectivity index (χ0) is 16.3. The lowest BCUT2D eigenvalue weighted by Gasteiger charge is -2.17. The molecule has 23 heavy (non-hydrogen) atoms. The van der Waals surface area contributed by atoms with Crippen LogP contribution in [0.3, 0.4) is 0 Å². The van der Waals surface area contributed by atoms with Gasteiger partial charge in [0.15, 0.2) is 0 Å². The summed E-state index contributed by atoms with van der Waals surface area (Å²) in [5.41, 5.74) is 0. The van der Waals surface area contributed by atoms with Crippen LogP contribution in [0, 0.1) is 0 Å². The lowest BCUT2D eigenvalue weighted by Crippen LogP contribution is -2.19. The van der Waals surface area contributed by atoms with Gasteiger partial charge in [0.25, 0.3) is 0 Å². The molecule has 1 aromatic heterocycles. The standard InChI is InChI=1S/C18H25ClN2OS/c1-2-3-4-5-12-22-14-18(13-21-11-10-20-15-21)23-17-8-6-16(19)7-9-17/h6-11,15,18H,2-5,12-14H2,1H3. The number of benzene rings is 1. The summed E-state index contributed by atoms with van der Waals surface area (Å²) in [4.78, 5) is 5.34. The maximum atomic E-state index is 5.96. The molecule has 0 N–H and O–H groups in total. The number of thioether (sulfide) groups is 1. The first-order valence-electron chi connectivity index (χ1n) is 8.23. The van der Waals surface area contributed by atoms with Crippen LogP contribution < -0.4 is 0 Å². The lowest BCUT2D eigenvalue weighted by molar-refractivity contribution is 0.128. The van der Waals surface area contributed by atoms with Crippen LogP contribution >= 0.6 is 23.4 Å². The lowest BCUT2D eigenvalue weighted by atomic mass is 10.2. The Balaban J connectivity index is 1.82. The van der Waals surface area contributed by atoms with Crippen molar-refractivity contribution >= 4 is 23.4 Å². The van der Waals surface area contributed by atoms with E-state index in [0.29, 0.717) is 5.25 Å². The molecule has 3 nitrogen and oxygen atoms in total. The Labute approximate surface area is 148 Å². The van der Waals surface area contributed by atoms with Crippen molar-refractivity contribution in [3.63, 3.8) is 0 Å². The number of unbranched alkanes of at least 4 members (excludes halogenated alkanes) is 3. The molecule has 0 aliphatic heterocycles. The first-order valence-corrected chi connectivity index (χ1v) is 9.49. The summed E-state index contributed by atoms with van der Waals surface area (Å²) >= 11 is 7.79. The molecule has 2 aromatic rings. The number of ether oxygens (including phenoxy) is 1. The number of hydrogen-bond donors (Lipinski definition) is 0. The highest BCUT2D eigenvalue weighted by molar-refractivity contribution is 8.00. The third-order valence-corrected chi connectivity index (χ3v) is 4.95. The molecule has 0 spiro atoms. The topological polar surface area (TPSA) is 27.1 Å². The predicted octanol–water partition coefficient (Wildman–Crippen LogP) is 5.29. The van der Waals surface area contributed by atoms with Gasteiger partial charge in [-0.1, -0.05) is 37.8 Å². The van der Waals surface area contributed by atoms with Crippen molar-refractivity contribution in [3.8, 4) is 0 Å². The third kappa shape index (κ3) is 7.42. The van der Waals surface area contributed by atoms with Gasteiger partial charge in [-0.05, 0) is 30.7 Å². The molecule has 0 amide bonds. The summed E-state index contributed by atoms with van der Waals surface area (Å²) < 4.78 is 8.01. The molecule has 1 heterocycles. The SMILES string of the molecule is CCCCCCOCC(Cn1ccnc1)Sc1ccc(Cl)cc1. The molecule has 2 rings (SSSR count). The summed E-state index contributed by atoms with van der Waals surface area (Å²) in [5.74, 6) is 0. The van der Waals surface area contributed by atoms with E-state index in [1.54, 1.807) is 0 Å². The van der Waals surface area contributed by atoms with Crippen LogP contribution in [0.25, 0.3) is 0 Å². The van der Waals surface area contributed by atoms with Crippen LogP contribution in [0.4, 0.5) is 0 Å². The predicted molar refractivity (Wildman–Crippen MR) is 98.3 cm³/mol. The molecular formula is C18H25ClN2OS. The quantitative estimate of drug-likeness (QED) is 0.406. The molecule has 0 fully saturated rings. The van der Waals surface area contributed by atoms with Crippen LogP contribution in [-0.4, -0.2) is 28.0 Å². The van der Waals surface area contributed by atoms with E-state index in [4.69, 9.17) is 16.3 Å². The third-order valence-electron chi connectivity index (χ3n) is 3.54. The van der Waals surface area contributed by atoms with Gasteiger partial charge in [0.05, 0.1) is 18.2 Å². The number of hydrogen-bond acceptors (Lipinski definition) is 3. The van der Waals surface area contributed by atoms with Gasteiger partial charge in [0, 0.05) is 35.5 Å². The zero-order valence-electron chi connectivity index (χ0n) is 13.7. The Morgan fingerprint density at radius 3 is 2.74 bits per heavy atom. The van der Waals surface area contributed by atoms with Crippen molar-refractivity contribution in [2.24, 2.45) is 0 Å². The van der Waals surface area contributed by atoms with Crippen molar-refractivity contribution in [3.05, 3.63) is 48.0 Å². The second-order valence-corrected chi connectivity index (χ2v) is 7.40. The molecule has 0 saturated heterocycles. The Kier molecular flexibility index (Phi) is 8.58. The maximum absolute atomic E-state index is 5.96. The van der Waals surface area contributed by atoms with Gasteiger partial charge in [0.1, 0.15) is 0 Å². The highest BCUT2D eigenvalue weighted by Gasteiger charge is 2.12. The molecule has 1 atom stereocenters. The van der Waals surface area contributed by atoms with Gasteiger partial charge in [0.2, 0.25) is 0 Å². The van der Waals surface area contributed by atoms with E-state index < -0.39 is 0 Å². The van der Waals surface area contributed by atoms with Crippen molar-refractivity contribution in [1.29, 1.82) is 0 Å². The van der Waals surface area contributed by atoms with E-state index in [1.807, 2.05) is 42.6 Å². The molecule has 1 aromatic carbocycles. The zero-order valence-corrected chi connectivity index (χ0v) is 15.2. The minimum Gasteiger partial charge on any atom is -0.380 e. The van der Waals surface area contributed by atoms with Gasteiger partial charge in [-0.15, -0.1) is 11.8 Å². The van der Waals surface area contributed by atoms with Crippen LogP contribution in [0.1, 0.15) is 32.6 Å². The fourth-order valence-corrected chi connectivity index (χ4v) is 3.52. The molecule has 126 valence electrons. The normalized spacial score (nSPS) is 12.4. The van der Waals surface area contributed by atoms with Gasteiger partial charge in [-0.2, -0.15) is 0 Å². The van der Waals surface area contributed by atoms with Crippen molar-refractivity contribution in [2.45, 2.75) is 49.3 Å². The fraction of sp³-hybridized carbons (Fsp3) is 0.500. The Bertz CT molecular complexity index is 530. The number of imidazole rings is 1. The van der Waals surface area contributed by atoms with Gasteiger partial charge < -0.3 is 9.30 Å². The van der Waals surface area contributed by atoms with E-state index >= 15 is 0 Å². The molecule has 0 radical (unpaired) electrons. The highest BCUT2D eigenvalue weighted by Crippen LogP contribution is 2.26. The van der Waals surface area contributed by atoms with Crippen LogP contribution in [0.15, 0.2) is 47.9 Å². The number of rotatable bonds is 11. The number of nitrogens with zero attached hydrogens (tertiary/aromatic N) is 2. The van der Waals surface area contributed by atoms with Crippen LogP contribution in [0.5, 0.6) is 0 Å². The van der Waals surface area contributed by atoms with Crippen molar-refractivity contribution < 1.29 is 4.74 Å². The van der Waals surface area contributed by atoms with E-state index in [2.05, 4.69) is 28.6 Å². The molecule has 0 bridgehead atoms. The monoisotopic (exact) mass is 352 g/mol. The van der Waals surface area contributed by atoms with Gasteiger partial charge in [-0.25, -0.2) is 4.98 Å². The van der Waals surface area contributed by atoms with Crippen LogP contribution in [-0.2, 0) is 11.3 Å². The van der Waals surface area contributed by atoms with Crippen LogP contribution in [0.2, 0.25) is 5.02 Å². The summed E-state index contributed by atoms with van der Waals surface area (Å²) in [6, 6.07) is 8.00. The first-order chi connectivity index (χ1) is 11.3. The molecule has 5 heteroatoms. The molecule has 0 saturated carbocycles. The highest BCUT2D eigenvalue weighted by atomic mass is 35.5. The van der Waals surface area contributed by atoms with Crippen molar-refractivity contribution in [2.75, 3.05) is 13.2 Å². The second kappa shape index (κ2) is 10.7. The molecule has 0 aliphatic carbocycles. The first kappa shape index (κ1) is 18.4. The number of aromatic nitrogens is 2. The summed E-state index contributed by atoms with van der Waals surface area (Å²) in [5, 5.41) is 1.13. The summed E-state index contributed by atoms with van der Waals surface area (Å²) in [7, 11) is 0. The summed E-state index contributed by atoms with van der Waals surface area (Å²) in [6.07, 6.45) is 10.6. The molecule has 0 aliphatic rings. The molecule has 1 unspecified atom stereocenters. The Hall–Kier alpha value is -0.970. The average molecular weight is 353 g/mol. The molecular weight excluding hydrogens is 328 g/mol. The number of halogens is 1. The largest absolute Gasteiger partial charge is 0.380 e. The fourth-order valence-electron chi connectivity index (χ4n) is 2.31. The van der Waals surface area contributed by atoms with E-state index in [0.717, 1.165) is 31.2 Å².